The molecule has 2 aromatic rings. The number of benzene rings is 1. The molecule has 0 aliphatic carbocycles. The van der Waals surface area contributed by atoms with E-state index in [1.54, 1.807) is 18.2 Å². The largest absolute Gasteiger partial charge is 2.00 e. The van der Waals surface area contributed by atoms with Crippen LogP contribution in [0.15, 0.2) is 24.3 Å². The van der Waals surface area contributed by atoms with Crippen LogP contribution in [0.5, 0.6) is 0 Å². The van der Waals surface area contributed by atoms with Crippen LogP contribution in [0.25, 0.3) is 11.0 Å². The number of carboxylic acid groups (broad SMARTS) is 1. The van der Waals surface area contributed by atoms with Crippen molar-refractivity contribution >= 4 is 72.0 Å². The Kier molecular flexibility index (Phi) is 5.52. The van der Waals surface area contributed by atoms with Gasteiger partial charge in [-0.25, -0.2) is 4.98 Å². The third kappa shape index (κ3) is 3.41. The summed E-state index contributed by atoms with van der Waals surface area (Å²) >= 11 is 4.52. The molecule has 2 rings (SSSR count). The molecule has 1 atom stereocenters. The normalized spacial score (nSPS) is 11.8. The molecule has 0 aliphatic heterocycles. The number of fused-ring (bicyclic) bond motifs is 1. The number of rotatable bonds is 4. The molecule has 5 nitrogen and oxygen atoms in total. The first-order chi connectivity index (χ1) is 8.08. The molecule has 1 heterocycles. The minimum atomic E-state index is -1.33. The number of thiocarbonyl (C=S) groups is 1. The van der Waals surface area contributed by atoms with Gasteiger partial charge in [-0.2, -0.15) is 0 Å². The standard InChI is InChI=1S/C11H10N2O3S.Ca/c14-9(15)5-6(11(16)17)10-12-7-3-1-2-4-8(7)13-10;/h1-4,6H,5H2,(H,12,13)(H,14,15)(H,16,17);/q;+2/p-2. The van der Waals surface area contributed by atoms with Gasteiger partial charge in [0.05, 0.1) is 11.0 Å². The number of carboxylic acids is 1. The number of aromatic amines is 1. The number of nitrogens with zero attached hydrogens (tertiary/aromatic N) is 1. The molecule has 1 N–H and O–H groups in total. The van der Waals surface area contributed by atoms with Gasteiger partial charge in [0, 0.05) is 18.3 Å². The molecule has 0 aliphatic rings. The maximum Gasteiger partial charge on any atom is 2.00 e. The van der Waals surface area contributed by atoms with E-state index in [0.29, 0.717) is 5.52 Å². The molecule has 7 heteroatoms. The predicted octanol–water partition coefficient (Wildman–Crippen LogP) is -0.907. The molecule has 88 valence electrons. The number of carbonyl (C=O) groups is 1. The van der Waals surface area contributed by atoms with Crippen LogP contribution < -0.4 is 10.2 Å². The third-order valence-electron chi connectivity index (χ3n) is 2.39. The fraction of sp³-hybridized carbons (Fsp3) is 0.182. The molecule has 1 aromatic carbocycles. The van der Waals surface area contributed by atoms with Gasteiger partial charge in [-0.05, 0) is 12.1 Å². The first-order valence-electron chi connectivity index (χ1n) is 4.93. The van der Waals surface area contributed by atoms with Gasteiger partial charge in [-0.3, -0.25) is 0 Å². The minimum Gasteiger partial charge on any atom is -0.867 e. The van der Waals surface area contributed by atoms with Crippen molar-refractivity contribution in [2.45, 2.75) is 12.3 Å². The van der Waals surface area contributed by atoms with Gasteiger partial charge in [-0.1, -0.05) is 17.2 Å². The Hall–Kier alpha value is -0.690. The average molecular weight is 288 g/mol. The number of carbonyl (C=O) groups excluding carboxylic acids is 1. The van der Waals surface area contributed by atoms with E-state index < -0.39 is 23.4 Å². The molecule has 1 unspecified atom stereocenters. The topological polar surface area (TPSA) is 91.9 Å². The molecule has 0 fully saturated rings. The van der Waals surface area contributed by atoms with Crippen molar-refractivity contribution in [1.82, 2.24) is 9.97 Å². The summed E-state index contributed by atoms with van der Waals surface area (Å²) < 4.78 is 0. The first-order valence-corrected chi connectivity index (χ1v) is 5.34. The summed E-state index contributed by atoms with van der Waals surface area (Å²) in [6, 6.07) is 7.17. The van der Waals surface area contributed by atoms with E-state index in [0.717, 1.165) is 5.52 Å². The van der Waals surface area contributed by atoms with E-state index in [1.165, 1.54) is 0 Å². The van der Waals surface area contributed by atoms with Crippen molar-refractivity contribution in [3.63, 3.8) is 0 Å². The van der Waals surface area contributed by atoms with Gasteiger partial charge in [0.2, 0.25) is 0 Å². The van der Waals surface area contributed by atoms with Crippen LogP contribution in [-0.4, -0.2) is 58.7 Å². The van der Waals surface area contributed by atoms with Crippen molar-refractivity contribution in [3.8, 4) is 0 Å². The fourth-order valence-corrected chi connectivity index (χ4v) is 1.79. The van der Waals surface area contributed by atoms with E-state index >= 15 is 0 Å². The second kappa shape index (κ2) is 6.47. The van der Waals surface area contributed by atoms with E-state index in [-0.39, 0.29) is 43.6 Å². The molecule has 0 bridgehead atoms. The molecule has 18 heavy (non-hydrogen) atoms. The van der Waals surface area contributed by atoms with Gasteiger partial charge in [-0.15, -0.1) is 12.2 Å². The number of H-pyrrole nitrogens is 1. The maximum atomic E-state index is 11.2. The zero-order valence-electron chi connectivity index (χ0n) is 9.38. The van der Waals surface area contributed by atoms with Crippen LogP contribution in [-0.2, 0) is 4.79 Å². The Bertz CT molecular complexity index is 551. The van der Waals surface area contributed by atoms with E-state index in [4.69, 9.17) is 0 Å². The molecular weight excluding hydrogens is 280 g/mol. The first kappa shape index (κ1) is 15.4. The van der Waals surface area contributed by atoms with E-state index in [9.17, 15) is 15.0 Å². The maximum absolute atomic E-state index is 11.2. The molecular formula is C11H8CaN2O3S. The Morgan fingerprint density at radius 1 is 1.39 bits per heavy atom. The van der Waals surface area contributed by atoms with Gasteiger partial charge in [0.1, 0.15) is 5.82 Å². The van der Waals surface area contributed by atoms with E-state index in [2.05, 4.69) is 22.2 Å². The minimum absolute atomic E-state index is 0. The SMILES string of the molecule is O=C([O-])CC(C([O-])=S)c1nc2ccccc2[nH]1.[Ca+2]. The molecule has 1 aromatic heterocycles. The summed E-state index contributed by atoms with van der Waals surface area (Å²) in [6.07, 6.45) is -0.456. The summed E-state index contributed by atoms with van der Waals surface area (Å²) in [6.45, 7) is 0. The average Bonchev–Trinajstić information content (AvgIpc) is 2.68. The molecule has 0 saturated carbocycles. The summed E-state index contributed by atoms with van der Waals surface area (Å²) in [5.74, 6) is -2.01. The Balaban J connectivity index is 0.00000162. The van der Waals surface area contributed by atoms with Crippen LogP contribution in [0, 0.1) is 0 Å². The van der Waals surface area contributed by atoms with Crippen LogP contribution in [0.3, 0.4) is 0 Å². The Labute approximate surface area is 138 Å². The van der Waals surface area contributed by atoms with Gasteiger partial charge in [0.25, 0.3) is 0 Å². The zero-order chi connectivity index (χ0) is 12.4. The fourth-order valence-electron chi connectivity index (χ4n) is 1.60. The summed E-state index contributed by atoms with van der Waals surface area (Å²) in [5, 5.41) is 21.1. The van der Waals surface area contributed by atoms with Crippen LogP contribution in [0.2, 0.25) is 0 Å². The Morgan fingerprint density at radius 3 is 2.61 bits per heavy atom. The number of hydrogen-bond donors (Lipinski definition) is 1. The predicted molar refractivity (Wildman–Crippen MR) is 66.8 cm³/mol. The third-order valence-corrected chi connectivity index (χ3v) is 2.68. The number of aliphatic carboxylic acids is 1. The van der Waals surface area contributed by atoms with Crippen molar-refractivity contribution < 1.29 is 15.0 Å². The number of aromatic nitrogens is 2. The van der Waals surface area contributed by atoms with Crippen molar-refractivity contribution in [1.29, 1.82) is 0 Å². The summed E-state index contributed by atoms with van der Waals surface area (Å²) in [4.78, 5) is 17.6. The van der Waals surface area contributed by atoms with E-state index in [1.807, 2.05) is 6.07 Å². The van der Waals surface area contributed by atoms with Crippen LogP contribution in [0.4, 0.5) is 0 Å². The van der Waals surface area contributed by atoms with Crippen LogP contribution in [0.1, 0.15) is 18.2 Å². The number of nitrogens with one attached hydrogen (secondary N) is 1. The number of para-hydroxylation sites is 2. The quantitative estimate of drug-likeness (QED) is 0.581. The monoisotopic (exact) mass is 288 g/mol. The Morgan fingerprint density at radius 2 is 2.06 bits per heavy atom. The second-order valence-electron chi connectivity index (χ2n) is 3.59. The van der Waals surface area contributed by atoms with Crippen molar-refractivity contribution in [2.75, 3.05) is 0 Å². The zero-order valence-corrected chi connectivity index (χ0v) is 12.4. The molecule has 0 saturated heterocycles. The summed E-state index contributed by atoms with van der Waals surface area (Å²) in [7, 11) is 0. The van der Waals surface area contributed by atoms with Gasteiger partial charge < -0.3 is 20.0 Å². The summed E-state index contributed by atoms with van der Waals surface area (Å²) in [5.41, 5.74) is 1.41. The molecule has 0 amide bonds. The smallest absolute Gasteiger partial charge is 0.867 e. The van der Waals surface area contributed by atoms with Gasteiger partial charge >= 0.3 is 37.7 Å². The van der Waals surface area contributed by atoms with Crippen LogP contribution >= 0.6 is 12.2 Å². The molecule has 0 spiro atoms. The van der Waals surface area contributed by atoms with Crippen molar-refractivity contribution in [2.24, 2.45) is 0 Å². The molecule has 0 radical (unpaired) electrons. The second-order valence-corrected chi connectivity index (χ2v) is 3.99. The number of imidazole rings is 1. The van der Waals surface area contributed by atoms with Crippen molar-refractivity contribution in [3.05, 3.63) is 30.1 Å². The van der Waals surface area contributed by atoms with Gasteiger partial charge in [0.15, 0.2) is 0 Å². The number of hydrogen-bond acceptors (Lipinski definition) is 5.